The Bertz CT molecular complexity index is 223. The second-order valence-corrected chi connectivity index (χ2v) is 3.99. The van der Waals surface area contributed by atoms with Crippen LogP contribution in [0.5, 0.6) is 0 Å². The minimum Gasteiger partial charge on any atom is -0.332 e. The van der Waals surface area contributed by atoms with E-state index in [0.29, 0.717) is 6.42 Å². The molecule has 0 bridgehead atoms. The summed E-state index contributed by atoms with van der Waals surface area (Å²) in [4.78, 5) is 24.5. The fraction of sp³-hybridized carbons (Fsp3) is 0.800. The fourth-order valence-electron chi connectivity index (χ4n) is 2.01. The highest BCUT2D eigenvalue weighted by Crippen LogP contribution is 2.19. The number of ketones is 1. The lowest BCUT2D eigenvalue weighted by molar-refractivity contribution is -0.137. The van der Waals surface area contributed by atoms with E-state index in [9.17, 15) is 9.59 Å². The van der Waals surface area contributed by atoms with Crippen LogP contribution < -0.4 is 0 Å². The number of carbonyl (C=O) groups excluding carboxylic acids is 2. The highest BCUT2D eigenvalue weighted by atomic mass is 16.2. The molecule has 1 heterocycles. The lowest BCUT2D eigenvalue weighted by Gasteiger charge is -2.28. The van der Waals surface area contributed by atoms with E-state index >= 15 is 0 Å². The molecule has 1 atom stereocenters. The van der Waals surface area contributed by atoms with Crippen LogP contribution in [-0.4, -0.2) is 29.2 Å². The van der Waals surface area contributed by atoms with Gasteiger partial charge in [0.2, 0.25) is 5.91 Å². The average Bonchev–Trinajstić information content (AvgIpc) is 2.35. The Hall–Kier alpha value is -0.860. The normalized spacial score (nSPS) is 19.7. The van der Waals surface area contributed by atoms with Crippen molar-refractivity contribution in [3.63, 3.8) is 0 Å². The zero-order valence-corrected chi connectivity index (χ0v) is 8.54. The number of amides is 1. The molecule has 1 aliphatic rings. The van der Waals surface area contributed by atoms with Crippen molar-refractivity contribution in [3.8, 4) is 0 Å². The lowest BCUT2D eigenvalue weighted by Crippen LogP contribution is -2.44. The van der Waals surface area contributed by atoms with Crippen molar-refractivity contribution in [2.45, 2.75) is 39.7 Å². The maximum absolute atomic E-state index is 11.4. The first kappa shape index (κ1) is 10.2. The van der Waals surface area contributed by atoms with Gasteiger partial charge in [-0.3, -0.25) is 9.59 Å². The predicted molar refractivity (Wildman–Crippen MR) is 50.3 cm³/mol. The molecule has 1 rings (SSSR count). The third-order valence-corrected chi connectivity index (χ3v) is 2.49. The Morgan fingerprint density at radius 1 is 1.46 bits per heavy atom. The largest absolute Gasteiger partial charge is 0.332 e. The second-order valence-electron chi connectivity index (χ2n) is 3.99. The first-order valence-electron chi connectivity index (χ1n) is 4.84. The third kappa shape index (κ3) is 2.08. The van der Waals surface area contributed by atoms with Crippen LogP contribution in [0.4, 0.5) is 0 Å². The average molecular weight is 183 g/mol. The molecule has 1 amide bonds. The van der Waals surface area contributed by atoms with Gasteiger partial charge < -0.3 is 4.90 Å². The first-order valence-corrected chi connectivity index (χ1v) is 4.84. The van der Waals surface area contributed by atoms with E-state index in [4.69, 9.17) is 0 Å². The van der Waals surface area contributed by atoms with Gasteiger partial charge in [0.15, 0.2) is 5.78 Å². The molecule has 1 saturated heterocycles. The smallest absolute Gasteiger partial charge is 0.223 e. The van der Waals surface area contributed by atoms with Gasteiger partial charge in [-0.2, -0.15) is 0 Å². The van der Waals surface area contributed by atoms with Crippen LogP contribution in [0.25, 0.3) is 0 Å². The van der Waals surface area contributed by atoms with E-state index in [1.54, 1.807) is 11.8 Å². The van der Waals surface area contributed by atoms with Gasteiger partial charge in [0.25, 0.3) is 0 Å². The van der Waals surface area contributed by atoms with Crippen LogP contribution in [0.3, 0.4) is 0 Å². The zero-order valence-electron chi connectivity index (χ0n) is 8.54. The van der Waals surface area contributed by atoms with E-state index in [2.05, 4.69) is 0 Å². The minimum absolute atomic E-state index is 0.102. The summed E-state index contributed by atoms with van der Waals surface area (Å²) in [5, 5.41) is 0. The topological polar surface area (TPSA) is 37.4 Å². The van der Waals surface area contributed by atoms with Crippen LogP contribution in [-0.2, 0) is 9.59 Å². The summed E-state index contributed by atoms with van der Waals surface area (Å²) in [6.07, 6.45) is 1.51. The standard InChI is InChI=1S/C10H17NO2/c1-7(2)10(8(3)12)11-6-4-5-9(11)13/h7,10H,4-6H2,1-3H3. The molecule has 74 valence electrons. The van der Waals surface area contributed by atoms with Crippen LogP contribution in [0.2, 0.25) is 0 Å². The van der Waals surface area contributed by atoms with Gasteiger partial charge >= 0.3 is 0 Å². The number of hydrogen-bond donors (Lipinski definition) is 0. The maximum atomic E-state index is 11.4. The Balaban J connectivity index is 2.75. The highest BCUT2D eigenvalue weighted by molar-refractivity contribution is 5.88. The molecule has 0 aromatic rings. The van der Waals surface area contributed by atoms with Gasteiger partial charge in [-0.15, -0.1) is 0 Å². The number of hydrogen-bond acceptors (Lipinski definition) is 2. The molecule has 3 heteroatoms. The summed E-state index contributed by atoms with van der Waals surface area (Å²) in [6.45, 7) is 6.28. The van der Waals surface area contributed by atoms with Gasteiger partial charge in [0.1, 0.15) is 0 Å². The maximum Gasteiger partial charge on any atom is 0.223 e. The van der Waals surface area contributed by atoms with Gasteiger partial charge in [0.05, 0.1) is 6.04 Å². The fourth-order valence-corrected chi connectivity index (χ4v) is 2.01. The number of nitrogens with zero attached hydrogens (tertiary/aromatic N) is 1. The summed E-state index contributed by atoms with van der Waals surface area (Å²) < 4.78 is 0. The van der Waals surface area contributed by atoms with Crippen LogP contribution >= 0.6 is 0 Å². The van der Waals surface area contributed by atoms with Crippen molar-refractivity contribution in [1.82, 2.24) is 4.90 Å². The predicted octanol–water partition coefficient (Wildman–Crippen LogP) is 1.22. The van der Waals surface area contributed by atoms with Crippen molar-refractivity contribution in [3.05, 3.63) is 0 Å². The van der Waals surface area contributed by atoms with Crippen molar-refractivity contribution in [1.29, 1.82) is 0 Å². The molecule has 0 saturated carbocycles. The van der Waals surface area contributed by atoms with E-state index in [0.717, 1.165) is 13.0 Å². The van der Waals surface area contributed by atoms with Crippen LogP contribution in [0.15, 0.2) is 0 Å². The molecule has 0 aromatic carbocycles. The number of rotatable bonds is 3. The molecular weight excluding hydrogens is 166 g/mol. The highest BCUT2D eigenvalue weighted by Gasteiger charge is 2.32. The van der Waals surface area contributed by atoms with Crippen molar-refractivity contribution in [2.24, 2.45) is 5.92 Å². The lowest BCUT2D eigenvalue weighted by atomic mass is 9.99. The van der Waals surface area contributed by atoms with E-state index in [-0.39, 0.29) is 23.7 Å². The number of Topliss-reactive ketones (excluding diaryl/α,β-unsaturated/α-hetero) is 1. The Kier molecular flexibility index (Phi) is 3.07. The minimum atomic E-state index is -0.199. The molecule has 0 N–H and O–H groups in total. The zero-order chi connectivity index (χ0) is 10.0. The molecule has 13 heavy (non-hydrogen) atoms. The molecule has 1 unspecified atom stereocenters. The summed E-state index contributed by atoms with van der Waals surface area (Å²) in [6, 6.07) is -0.199. The Morgan fingerprint density at radius 3 is 2.38 bits per heavy atom. The van der Waals surface area contributed by atoms with Gasteiger partial charge in [-0.1, -0.05) is 13.8 Å². The van der Waals surface area contributed by atoms with Gasteiger partial charge in [-0.05, 0) is 19.3 Å². The van der Waals surface area contributed by atoms with Crippen molar-refractivity contribution < 1.29 is 9.59 Å². The quantitative estimate of drug-likeness (QED) is 0.659. The Morgan fingerprint density at radius 2 is 2.08 bits per heavy atom. The van der Waals surface area contributed by atoms with E-state index in [1.807, 2.05) is 13.8 Å². The van der Waals surface area contributed by atoms with E-state index in [1.165, 1.54) is 0 Å². The van der Waals surface area contributed by atoms with E-state index < -0.39 is 0 Å². The van der Waals surface area contributed by atoms with Gasteiger partial charge in [0, 0.05) is 13.0 Å². The number of likely N-dealkylation sites (tertiary alicyclic amines) is 1. The van der Waals surface area contributed by atoms with Crippen molar-refractivity contribution in [2.75, 3.05) is 6.54 Å². The molecule has 0 radical (unpaired) electrons. The summed E-state index contributed by atoms with van der Waals surface area (Å²) in [7, 11) is 0. The van der Waals surface area contributed by atoms with Crippen LogP contribution in [0, 0.1) is 5.92 Å². The van der Waals surface area contributed by atoms with Crippen molar-refractivity contribution >= 4 is 11.7 Å². The molecule has 1 fully saturated rings. The molecule has 0 spiro atoms. The Labute approximate surface area is 79.1 Å². The number of carbonyl (C=O) groups is 2. The van der Waals surface area contributed by atoms with Gasteiger partial charge in [-0.25, -0.2) is 0 Å². The monoisotopic (exact) mass is 183 g/mol. The van der Waals surface area contributed by atoms with Crippen LogP contribution in [0.1, 0.15) is 33.6 Å². The summed E-state index contributed by atoms with van der Waals surface area (Å²) in [5.74, 6) is 0.457. The summed E-state index contributed by atoms with van der Waals surface area (Å²) >= 11 is 0. The molecule has 0 aliphatic carbocycles. The molecule has 0 aromatic heterocycles. The molecular formula is C10H17NO2. The molecule has 1 aliphatic heterocycles. The summed E-state index contributed by atoms with van der Waals surface area (Å²) in [5.41, 5.74) is 0. The molecule has 3 nitrogen and oxygen atoms in total. The third-order valence-electron chi connectivity index (χ3n) is 2.49. The second kappa shape index (κ2) is 3.90. The first-order chi connectivity index (χ1) is 6.04. The SMILES string of the molecule is CC(=O)C(C(C)C)N1CCCC1=O.